The maximum Gasteiger partial charge on any atom is 0.417 e. The Morgan fingerprint density at radius 1 is 1.14 bits per heavy atom. The fraction of sp³-hybridized carbons (Fsp3) is 0.632. The quantitative estimate of drug-likeness (QED) is 0.804. The minimum Gasteiger partial charge on any atom is -0.444 e. The van der Waals surface area contributed by atoms with Crippen molar-refractivity contribution in [3.8, 4) is 0 Å². The van der Waals surface area contributed by atoms with Crippen LogP contribution in [0.4, 0.5) is 18.0 Å². The molecule has 9 heteroatoms. The number of carbonyl (C=O) groups is 2. The number of amides is 2. The largest absolute Gasteiger partial charge is 0.444 e. The van der Waals surface area contributed by atoms with Gasteiger partial charge in [-0.2, -0.15) is 13.2 Å². The van der Waals surface area contributed by atoms with E-state index >= 15 is 0 Å². The average Bonchev–Trinajstić information content (AvgIpc) is 2.58. The normalized spacial score (nSPS) is 20.4. The van der Waals surface area contributed by atoms with Crippen LogP contribution in [0.1, 0.15) is 57.7 Å². The van der Waals surface area contributed by atoms with Gasteiger partial charge in [0.15, 0.2) is 0 Å². The molecule has 0 spiro atoms. The fourth-order valence-electron chi connectivity index (χ4n) is 2.99. The minimum absolute atomic E-state index is 0.0320. The van der Waals surface area contributed by atoms with Crippen molar-refractivity contribution < 1.29 is 27.5 Å². The fourth-order valence-corrected chi connectivity index (χ4v) is 2.99. The predicted molar refractivity (Wildman–Crippen MR) is 96.2 cm³/mol. The first kappa shape index (κ1) is 22.0. The predicted octanol–water partition coefficient (Wildman–Crippen LogP) is 3.80. The molecule has 1 aromatic heterocycles. The molecule has 0 bridgehead atoms. The summed E-state index contributed by atoms with van der Waals surface area (Å²) < 4.78 is 42.8. The number of nitrogens with one attached hydrogen (secondary N) is 2. The first-order chi connectivity index (χ1) is 12.9. The monoisotopic (exact) mass is 401 g/mol. The van der Waals surface area contributed by atoms with Gasteiger partial charge in [0, 0.05) is 18.2 Å². The van der Waals surface area contributed by atoms with Gasteiger partial charge in [-0.1, -0.05) is 0 Å². The molecule has 0 radical (unpaired) electrons. The zero-order valence-electron chi connectivity index (χ0n) is 16.2. The summed E-state index contributed by atoms with van der Waals surface area (Å²) in [5, 5.41) is 5.53. The van der Waals surface area contributed by atoms with E-state index in [1.54, 1.807) is 20.8 Å². The Balaban J connectivity index is 1.74. The maximum absolute atomic E-state index is 12.5. The highest BCUT2D eigenvalue weighted by Gasteiger charge is 2.31. The van der Waals surface area contributed by atoms with Crippen molar-refractivity contribution in [1.82, 2.24) is 15.6 Å². The lowest BCUT2D eigenvalue weighted by atomic mass is 9.85. The number of carbonyl (C=O) groups excluding carboxylic acids is 2. The Hall–Kier alpha value is -2.32. The second kappa shape index (κ2) is 8.79. The van der Waals surface area contributed by atoms with Crippen molar-refractivity contribution >= 4 is 12.0 Å². The first-order valence-corrected chi connectivity index (χ1v) is 9.23. The number of hydrogen-bond donors (Lipinski definition) is 2. The number of halogens is 3. The molecule has 28 heavy (non-hydrogen) atoms. The number of alkyl halides is 3. The number of alkyl carbamates (subject to hydrolysis) is 1. The molecule has 0 atom stereocenters. The van der Waals surface area contributed by atoms with Gasteiger partial charge in [0.1, 0.15) is 5.60 Å². The summed E-state index contributed by atoms with van der Waals surface area (Å²) in [5.41, 5.74) is -1.02. The minimum atomic E-state index is -4.43. The van der Waals surface area contributed by atoms with Crippen molar-refractivity contribution in [2.75, 3.05) is 0 Å². The molecule has 1 saturated carbocycles. The Bertz CT molecular complexity index is 676. The van der Waals surface area contributed by atoms with Crippen LogP contribution >= 0.6 is 0 Å². The van der Waals surface area contributed by atoms with Crippen molar-refractivity contribution in [3.63, 3.8) is 0 Å². The number of pyridine rings is 1. The van der Waals surface area contributed by atoms with Crippen molar-refractivity contribution in [2.45, 2.75) is 70.8 Å². The van der Waals surface area contributed by atoms with Gasteiger partial charge in [-0.15, -0.1) is 0 Å². The molecule has 1 aromatic rings. The van der Waals surface area contributed by atoms with Gasteiger partial charge in [-0.05, 0) is 58.6 Å². The van der Waals surface area contributed by atoms with Gasteiger partial charge in [0.25, 0.3) is 0 Å². The summed E-state index contributed by atoms with van der Waals surface area (Å²) in [6.45, 7) is 5.45. The third-order valence-electron chi connectivity index (χ3n) is 4.41. The SMILES string of the molecule is CC(C)(C)OC(=O)NC1CCC(C(=O)NCc2ccc(C(F)(F)F)cn2)CC1. The molecular formula is C19H26F3N3O3. The first-order valence-electron chi connectivity index (χ1n) is 9.23. The molecule has 1 heterocycles. The Kier molecular flexibility index (Phi) is 6.90. The molecule has 156 valence electrons. The van der Waals surface area contributed by atoms with Gasteiger partial charge in [0.2, 0.25) is 5.91 Å². The van der Waals surface area contributed by atoms with E-state index in [1.807, 2.05) is 0 Å². The second-order valence-electron chi connectivity index (χ2n) is 7.95. The summed E-state index contributed by atoms with van der Waals surface area (Å²) >= 11 is 0. The summed E-state index contributed by atoms with van der Waals surface area (Å²) in [5.74, 6) is -0.344. The van der Waals surface area contributed by atoms with Gasteiger partial charge in [-0.25, -0.2) is 4.79 Å². The van der Waals surface area contributed by atoms with Gasteiger partial charge >= 0.3 is 12.3 Å². The molecular weight excluding hydrogens is 375 g/mol. The summed E-state index contributed by atoms with van der Waals surface area (Å²) in [7, 11) is 0. The van der Waals surface area contributed by atoms with Crippen LogP contribution in [0.2, 0.25) is 0 Å². The van der Waals surface area contributed by atoms with E-state index in [2.05, 4.69) is 15.6 Å². The molecule has 2 rings (SSSR count). The highest BCUT2D eigenvalue weighted by Crippen LogP contribution is 2.28. The Morgan fingerprint density at radius 3 is 2.29 bits per heavy atom. The standard InChI is InChI=1S/C19H26F3N3O3/c1-18(2,3)28-17(27)25-14-7-4-12(5-8-14)16(26)24-11-15-9-6-13(10-23-15)19(20,21)22/h6,9-10,12,14H,4-5,7-8,11H2,1-3H3,(H,24,26)(H,25,27). The summed E-state index contributed by atoms with van der Waals surface area (Å²) in [6, 6.07) is 2.17. The van der Waals surface area contributed by atoms with E-state index in [1.165, 1.54) is 6.07 Å². The van der Waals surface area contributed by atoms with Gasteiger partial charge < -0.3 is 15.4 Å². The van der Waals surface area contributed by atoms with Crippen LogP contribution < -0.4 is 10.6 Å². The van der Waals surface area contributed by atoms with Gasteiger partial charge in [-0.3, -0.25) is 9.78 Å². The lowest BCUT2D eigenvalue weighted by Gasteiger charge is -2.29. The van der Waals surface area contributed by atoms with Crippen LogP contribution in [0.25, 0.3) is 0 Å². The van der Waals surface area contributed by atoms with Crippen LogP contribution in [0.5, 0.6) is 0 Å². The second-order valence-corrected chi connectivity index (χ2v) is 7.95. The molecule has 0 unspecified atom stereocenters. The number of rotatable bonds is 4. The van der Waals surface area contributed by atoms with Crippen LogP contribution in [-0.4, -0.2) is 28.6 Å². The molecule has 0 saturated heterocycles. The van der Waals surface area contributed by atoms with Crippen molar-refractivity contribution in [2.24, 2.45) is 5.92 Å². The summed E-state index contributed by atoms with van der Waals surface area (Å²) in [6.07, 6.45) is -1.57. The Morgan fingerprint density at radius 2 is 1.79 bits per heavy atom. The molecule has 1 aliphatic rings. The van der Waals surface area contributed by atoms with Crippen LogP contribution in [-0.2, 0) is 22.3 Å². The highest BCUT2D eigenvalue weighted by atomic mass is 19.4. The smallest absolute Gasteiger partial charge is 0.417 e. The maximum atomic E-state index is 12.5. The summed E-state index contributed by atoms with van der Waals surface area (Å²) in [4.78, 5) is 27.8. The Labute approximate surface area is 162 Å². The number of hydrogen-bond acceptors (Lipinski definition) is 4. The van der Waals surface area contributed by atoms with Crippen LogP contribution in [0, 0.1) is 5.92 Å². The topological polar surface area (TPSA) is 80.3 Å². The third-order valence-corrected chi connectivity index (χ3v) is 4.41. The highest BCUT2D eigenvalue weighted by molar-refractivity contribution is 5.78. The van der Waals surface area contributed by atoms with Crippen molar-refractivity contribution in [3.05, 3.63) is 29.6 Å². The molecule has 2 amide bonds. The average molecular weight is 401 g/mol. The molecule has 6 nitrogen and oxygen atoms in total. The van der Waals surface area contributed by atoms with E-state index in [0.29, 0.717) is 31.4 Å². The number of ether oxygens (including phenoxy) is 1. The van der Waals surface area contributed by atoms with E-state index in [9.17, 15) is 22.8 Å². The van der Waals surface area contributed by atoms with Crippen LogP contribution in [0.3, 0.4) is 0 Å². The number of aromatic nitrogens is 1. The van der Waals surface area contributed by atoms with E-state index in [-0.39, 0.29) is 24.4 Å². The van der Waals surface area contributed by atoms with E-state index < -0.39 is 23.4 Å². The molecule has 0 aliphatic heterocycles. The van der Waals surface area contributed by atoms with E-state index in [4.69, 9.17) is 4.74 Å². The lowest BCUT2D eigenvalue weighted by Crippen LogP contribution is -2.42. The number of nitrogens with zero attached hydrogens (tertiary/aromatic N) is 1. The molecule has 2 N–H and O–H groups in total. The molecule has 0 aromatic carbocycles. The molecule has 1 fully saturated rings. The van der Waals surface area contributed by atoms with E-state index in [0.717, 1.165) is 12.3 Å². The lowest BCUT2D eigenvalue weighted by molar-refractivity contribution is -0.137. The molecule has 1 aliphatic carbocycles. The van der Waals surface area contributed by atoms with Crippen LogP contribution in [0.15, 0.2) is 18.3 Å². The zero-order chi connectivity index (χ0) is 20.9. The zero-order valence-corrected chi connectivity index (χ0v) is 16.2. The van der Waals surface area contributed by atoms with Gasteiger partial charge in [0.05, 0.1) is 17.8 Å². The van der Waals surface area contributed by atoms with Crippen molar-refractivity contribution in [1.29, 1.82) is 0 Å². The third kappa shape index (κ3) is 7.01.